The third-order valence-corrected chi connectivity index (χ3v) is 7.46. The van der Waals surface area contributed by atoms with Crippen LogP contribution in [0.1, 0.15) is 15.2 Å². The predicted octanol–water partition coefficient (Wildman–Crippen LogP) is 7.34. The quantitative estimate of drug-likeness (QED) is 0.170. The normalized spacial score (nSPS) is 10.9. The number of nitrogens with zero attached hydrogens (tertiary/aromatic N) is 2. The Morgan fingerprint density at radius 2 is 1.74 bits per heavy atom. The van der Waals surface area contributed by atoms with Gasteiger partial charge in [-0.05, 0) is 66.6 Å². The molecule has 0 atom stereocenters. The van der Waals surface area contributed by atoms with E-state index in [4.69, 9.17) is 27.1 Å². The molecule has 1 amide bonds. The lowest BCUT2D eigenvalue weighted by atomic mass is 9.99. The summed E-state index contributed by atoms with van der Waals surface area (Å²) in [6.45, 7) is 1.64. The van der Waals surface area contributed by atoms with E-state index in [1.807, 2.05) is 42.5 Å². The fraction of sp³-hybridized carbons (Fsp3) is 0.0714. The largest absolute Gasteiger partial charge is 0.497 e. The Balaban J connectivity index is 1.63. The Hall–Kier alpha value is -4.47. The molecule has 3 aromatic carbocycles. The zero-order chi connectivity index (χ0) is 27.0. The van der Waals surface area contributed by atoms with Gasteiger partial charge in [-0.25, -0.2) is 4.98 Å². The van der Waals surface area contributed by atoms with Crippen molar-refractivity contribution in [3.63, 3.8) is 0 Å². The first kappa shape index (κ1) is 25.2. The highest BCUT2D eigenvalue weighted by molar-refractivity contribution is 7.21. The van der Waals surface area contributed by atoms with E-state index in [1.165, 1.54) is 6.07 Å². The van der Waals surface area contributed by atoms with Crippen molar-refractivity contribution in [2.24, 2.45) is 0 Å². The molecule has 38 heavy (non-hydrogen) atoms. The first-order chi connectivity index (χ1) is 18.2. The van der Waals surface area contributed by atoms with Crippen LogP contribution >= 0.6 is 22.9 Å². The van der Waals surface area contributed by atoms with Crippen molar-refractivity contribution in [2.75, 3.05) is 18.2 Å². The number of nitro benzene ring substituents is 1. The molecule has 2 heterocycles. The Bertz CT molecular complexity index is 1700. The number of aryl methyl sites for hydroxylation is 1. The highest BCUT2D eigenvalue weighted by Crippen LogP contribution is 2.42. The molecule has 8 nitrogen and oxygen atoms in total. The van der Waals surface area contributed by atoms with E-state index in [-0.39, 0.29) is 16.3 Å². The highest BCUT2D eigenvalue weighted by Gasteiger charge is 2.22. The number of fused-ring (bicyclic) bond motifs is 1. The number of methoxy groups -OCH3 is 1. The van der Waals surface area contributed by atoms with Gasteiger partial charge in [0.15, 0.2) is 0 Å². The van der Waals surface area contributed by atoms with Crippen LogP contribution in [0, 0.1) is 17.0 Å². The highest BCUT2D eigenvalue weighted by atomic mass is 35.5. The van der Waals surface area contributed by atoms with Gasteiger partial charge in [0, 0.05) is 33.3 Å². The number of hydrogen-bond donors (Lipinski definition) is 2. The summed E-state index contributed by atoms with van der Waals surface area (Å²) >= 11 is 7.29. The summed E-state index contributed by atoms with van der Waals surface area (Å²) in [6, 6.07) is 21.3. The molecule has 0 aliphatic heterocycles. The van der Waals surface area contributed by atoms with Crippen molar-refractivity contribution in [3.05, 3.63) is 98.4 Å². The van der Waals surface area contributed by atoms with Crippen molar-refractivity contribution >= 4 is 56.1 Å². The van der Waals surface area contributed by atoms with Crippen LogP contribution in [0.25, 0.3) is 32.6 Å². The molecule has 190 valence electrons. The molecular formula is C28H21ClN4O4S. The van der Waals surface area contributed by atoms with E-state index in [9.17, 15) is 14.9 Å². The van der Waals surface area contributed by atoms with Crippen LogP contribution in [-0.2, 0) is 0 Å². The number of benzene rings is 3. The molecule has 2 aromatic heterocycles. The number of amides is 1. The monoisotopic (exact) mass is 544 g/mol. The number of halogens is 1. The molecule has 5 aromatic rings. The standard InChI is InChI=1S/C28H21ClN4O4S/c1-15-3-10-19(13-23(15)33(35)36)31-27(34)26-25(30)24-21(16-4-8-18(29)9-5-16)14-22(32-28(24)38-26)17-6-11-20(37-2)12-7-17/h3-14H,30H2,1-2H3,(H,31,34). The number of nitrogens with two attached hydrogens (primary N) is 1. The van der Waals surface area contributed by atoms with Gasteiger partial charge < -0.3 is 15.8 Å². The zero-order valence-corrected chi connectivity index (χ0v) is 21.9. The second-order valence-corrected chi connectivity index (χ2v) is 9.96. The fourth-order valence-corrected chi connectivity index (χ4v) is 5.27. The fourth-order valence-electron chi connectivity index (χ4n) is 4.13. The van der Waals surface area contributed by atoms with Crippen LogP contribution in [0.3, 0.4) is 0 Å². The maximum absolute atomic E-state index is 13.3. The molecule has 0 saturated carbocycles. The maximum atomic E-state index is 13.3. The van der Waals surface area contributed by atoms with Crippen LogP contribution in [0.4, 0.5) is 17.1 Å². The van der Waals surface area contributed by atoms with Gasteiger partial charge in [-0.2, -0.15) is 0 Å². The minimum absolute atomic E-state index is 0.0806. The van der Waals surface area contributed by atoms with Gasteiger partial charge in [0.25, 0.3) is 11.6 Å². The van der Waals surface area contributed by atoms with Gasteiger partial charge in [0.05, 0.1) is 23.4 Å². The molecule has 0 aliphatic rings. The van der Waals surface area contributed by atoms with E-state index < -0.39 is 10.8 Å². The molecule has 3 N–H and O–H groups in total. The van der Waals surface area contributed by atoms with Gasteiger partial charge in [0.1, 0.15) is 15.5 Å². The topological polar surface area (TPSA) is 120 Å². The van der Waals surface area contributed by atoms with E-state index in [1.54, 1.807) is 38.3 Å². The zero-order valence-electron chi connectivity index (χ0n) is 20.3. The summed E-state index contributed by atoms with van der Waals surface area (Å²) in [4.78, 5) is 29.8. The number of nitrogen functional groups attached to an aromatic ring is 1. The number of aromatic nitrogens is 1. The van der Waals surface area contributed by atoms with Crippen LogP contribution in [0.5, 0.6) is 5.75 Å². The van der Waals surface area contributed by atoms with E-state index >= 15 is 0 Å². The maximum Gasteiger partial charge on any atom is 0.274 e. The third-order valence-electron chi connectivity index (χ3n) is 6.11. The Kier molecular flexibility index (Phi) is 6.71. The number of anilines is 2. The summed E-state index contributed by atoms with van der Waals surface area (Å²) in [5.74, 6) is 0.250. The van der Waals surface area contributed by atoms with Crippen LogP contribution in [0.2, 0.25) is 5.02 Å². The van der Waals surface area contributed by atoms with Gasteiger partial charge in [-0.1, -0.05) is 29.8 Å². The number of nitrogens with one attached hydrogen (secondary N) is 1. The van der Waals surface area contributed by atoms with E-state index in [0.29, 0.717) is 32.2 Å². The minimum Gasteiger partial charge on any atom is -0.497 e. The lowest BCUT2D eigenvalue weighted by Crippen LogP contribution is -2.12. The number of thiophene rings is 1. The SMILES string of the molecule is COc1ccc(-c2cc(-c3ccc(Cl)cc3)c3c(N)c(C(=O)Nc4ccc(C)c([N+](=O)[O-])c4)sc3n2)cc1. The van der Waals surface area contributed by atoms with Crippen molar-refractivity contribution in [1.29, 1.82) is 0 Å². The molecule has 0 radical (unpaired) electrons. The minimum atomic E-state index is -0.484. The smallest absolute Gasteiger partial charge is 0.274 e. The molecule has 0 spiro atoms. The lowest BCUT2D eigenvalue weighted by molar-refractivity contribution is -0.385. The number of rotatable bonds is 6. The Labute approximate surface area is 226 Å². The van der Waals surface area contributed by atoms with Gasteiger partial charge >= 0.3 is 0 Å². The molecule has 0 bridgehead atoms. The van der Waals surface area contributed by atoms with Crippen molar-refractivity contribution < 1.29 is 14.5 Å². The van der Waals surface area contributed by atoms with Crippen molar-refractivity contribution in [1.82, 2.24) is 4.98 Å². The predicted molar refractivity (Wildman–Crippen MR) is 152 cm³/mol. The number of pyridine rings is 1. The Morgan fingerprint density at radius 1 is 1.05 bits per heavy atom. The molecule has 0 saturated heterocycles. The number of hydrogen-bond acceptors (Lipinski definition) is 7. The summed E-state index contributed by atoms with van der Waals surface area (Å²) in [5.41, 5.74) is 10.8. The average Bonchev–Trinajstić information content (AvgIpc) is 3.26. The van der Waals surface area contributed by atoms with Gasteiger partial charge in [-0.15, -0.1) is 11.3 Å². The number of carbonyl (C=O) groups excluding carboxylic acids is 1. The molecule has 0 aliphatic carbocycles. The second kappa shape index (κ2) is 10.1. The number of nitro groups is 1. The molecular weight excluding hydrogens is 524 g/mol. The number of carbonyl (C=O) groups is 1. The first-order valence-corrected chi connectivity index (χ1v) is 12.6. The molecule has 0 fully saturated rings. The van der Waals surface area contributed by atoms with Crippen LogP contribution < -0.4 is 15.8 Å². The Morgan fingerprint density at radius 3 is 2.39 bits per heavy atom. The van der Waals surface area contributed by atoms with Crippen LogP contribution in [0.15, 0.2) is 72.8 Å². The second-order valence-electron chi connectivity index (χ2n) is 8.53. The summed E-state index contributed by atoms with van der Waals surface area (Å²) in [5, 5.41) is 15.3. The lowest BCUT2D eigenvalue weighted by Gasteiger charge is -2.10. The average molecular weight is 545 g/mol. The van der Waals surface area contributed by atoms with Gasteiger partial charge in [0.2, 0.25) is 0 Å². The van der Waals surface area contributed by atoms with Crippen molar-refractivity contribution in [2.45, 2.75) is 6.92 Å². The third kappa shape index (κ3) is 4.77. The first-order valence-electron chi connectivity index (χ1n) is 11.4. The van der Waals surface area contributed by atoms with Gasteiger partial charge in [-0.3, -0.25) is 14.9 Å². The van der Waals surface area contributed by atoms with E-state index in [2.05, 4.69) is 5.32 Å². The van der Waals surface area contributed by atoms with Crippen LogP contribution in [-0.4, -0.2) is 22.9 Å². The summed E-state index contributed by atoms with van der Waals surface area (Å²) in [6.07, 6.45) is 0. The van der Waals surface area contributed by atoms with Crippen molar-refractivity contribution in [3.8, 4) is 28.1 Å². The van der Waals surface area contributed by atoms with E-state index in [0.717, 1.165) is 33.8 Å². The summed E-state index contributed by atoms with van der Waals surface area (Å²) < 4.78 is 5.27. The molecule has 10 heteroatoms. The summed E-state index contributed by atoms with van der Waals surface area (Å²) in [7, 11) is 1.60. The number of ether oxygens (including phenoxy) is 1. The molecule has 5 rings (SSSR count). The molecule has 0 unspecified atom stereocenters.